The summed E-state index contributed by atoms with van der Waals surface area (Å²) in [7, 11) is 0. The largest absolute Gasteiger partial charge is 0.395 e. The van der Waals surface area contributed by atoms with Gasteiger partial charge in [-0.25, -0.2) is 4.98 Å². The first-order valence-corrected chi connectivity index (χ1v) is 7.99. The topological polar surface area (TPSA) is 53.4 Å². The minimum Gasteiger partial charge on any atom is -0.395 e. The lowest BCUT2D eigenvalue weighted by atomic mass is 10.1. The molecule has 4 nitrogen and oxygen atoms in total. The van der Waals surface area contributed by atoms with Crippen LogP contribution in [0.25, 0.3) is 0 Å². The zero-order valence-electron chi connectivity index (χ0n) is 12.4. The Balaban J connectivity index is 2.05. The summed E-state index contributed by atoms with van der Waals surface area (Å²) in [5.41, 5.74) is 1.22. The second-order valence-electron chi connectivity index (χ2n) is 5.54. The molecular formula is C16H20N2O2S. The Morgan fingerprint density at radius 3 is 2.95 bits per heavy atom. The van der Waals surface area contributed by atoms with Crippen LogP contribution in [0.5, 0.6) is 0 Å². The van der Waals surface area contributed by atoms with Gasteiger partial charge in [-0.3, -0.25) is 4.79 Å². The molecule has 1 aromatic rings. The minimum absolute atomic E-state index is 0.0155. The van der Waals surface area contributed by atoms with Gasteiger partial charge in [-0.15, -0.1) is 0 Å². The maximum atomic E-state index is 12.4. The van der Waals surface area contributed by atoms with E-state index in [0.717, 1.165) is 24.4 Å². The quantitative estimate of drug-likeness (QED) is 0.846. The van der Waals surface area contributed by atoms with Crippen LogP contribution < -0.4 is 0 Å². The van der Waals surface area contributed by atoms with E-state index in [0.29, 0.717) is 12.1 Å². The summed E-state index contributed by atoms with van der Waals surface area (Å²) in [4.78, 5) is 18.5. The Kier molecular flexibility index (Phi) is 5.27. The van der Waals surface area contributed by atoms with E-state index in [9.17, 15) is 4.79 Å². The van der Waals surface area contributed by atoms with Crippen molar-refractivity contribution in [1.82, 2.24) is 9.88 Å². The number of carbonyl (C=O) groups is 1. The third kappa shape index (κ3) is 4.48. The van der Waals surface area contributed by atoms with Gasteiger partial charge in [0.25, 0.3) is 5.91 Å². The maximum absolute atomic E-state index is 12.4. The van der Waals surface area contributed by atoms with Crippen molar-refractivity contribution >= 4 is 17.7 Å². The Hall–Kier alpha value is -1.51. The smallest absolute Gasteiger partial charge is 0.272 e. The Morgan fingerprint density at radius 2 is 2.33 bits per heavy atom. The average molecular weight is 304 g/mol. The lowest BCUT2D eigenvalue weighted by Crippen LogP contribution is -2.46. The molecule has 2 heterocycles. The Morgan fingerprint density at radius 1 is 1.52 bits per heavy atom. The van der Waals surface area contributed by atoms with Crippen LogP contribution >= 0.6 is 11.8 Å². The second kappa shape index (κ2) is 6.97. The molecule has 0 spiro atoms. The molecule has 0 saturated carbocycles. The fourth-order valence-electron chi connectivity index (χ4n) is 2.17. The van der Waals surface area contributed by atoms with Crippen LogP contribution in [0.4, 0.5) is 0 Å². The van der Waals surface area contributed by atoms with Gasteiger partial charge in [-0.2, -0.15) is 11.8 Å². The highest BCUT2D eigenvalue weighted by molar-refractivity contribution is 8.00. The number of pyridine rings is 1. The number of amides is 1. The van der Waals surface area contributed by atoms with Gasteiger partial charge in [0.05, 0.1) is 6.61 Å². The Bertz CT molecular complexity index is 558. The summed E-state index contributed by atoms with van der Waals surface area (Å²) >= 11 is 1.90. The molecule has 1 N–H and O–H groups in total. The summed E-state index contributed by atoms with van der Waals surface area (Å²) in [5.74, 6) is 6.69. The van der Waals surface area contributed by atoms with Crippen molar-refractivity contribution in [2.24, 2.45) is 0 Å². The number of hydrogen-bond donors (Lipinski definition) is 1. The summed E-state index contributed by atoms with van der Waals surface area (Å²) in [6, 6.07) is 3.52. The van der Waals surface area contributed by atoms with E-state index >= 15 is 0 Å². The minimum atomic E-state index is -0.0155. The van der Waals surface area contributed by atoms with Crippen LogP contribution in [0.3, 0.4) is 0 Å². The molecule has 0 radical (unpaired) electrons. The predicted molar refractivity (Wildman–Crippen MR) is 85.3 cm³/mol. The van der Waals surface area contributed by atoms with Crippen molar-refractivity contribution < 1.29 is 9.90 Å². The number of nitrogens with zero attached hydrogens (tertiary/aromatic N) is 2. The van der Waals surface area contributed by atoms with E-state index in [2.05, 4.69) is 30.7 Å². The van der Waals surface area contributed by atoms with Gasteiger partial charge in [-0.05, 0) is 26.0 Å². The molecule has 1 saturated heterocycles. The van der Waals surface area contributed by atoms with Crippen molar-refractivity contribution in [1.29, 1.82) is 0 Å². The van der Waals surface area contributed by atoms with E-state index in [4.69, 9.17) is 5.11 Å². The van der Waals surface area contributed by atoms with Crippen molar-refractivity contribution in [3.05, 3.63) is 29.6 Å². The molecule has 2 rings (SSSR count). The normalized spacial score (nSPS) is 17.0. The van der Waals surface area contributed by atoms with Crippen molar-refractivity contribution in [3.8, 4) is 11.8 Å². The van der Waals surface area contributed by atoms with Crippen LogP contribution in [0.2, 0.25) is 0 Å². The molecule has 1 aliphatic rings. The van der Waals surface area contributed by atoms with Crippen LogP contribution in [0, 0.1) is 11.8 Å². The molecule has 1 aromatic heterocycles. The van der Waals surface area contributed by atoms with Gasteiger partial charge in [0.15, 0.2) is 0 Å². The Labute approximate surface area is 129 Å². The molecule has 0 aromatic carbocycles. The SMILES string of the molecule is CC1(C)CN(C(=O)c2ccc(C#CCCO)cn2)CCS1. The van der Waals surface area contributed by atoms with Gasteiger partial charge in [0.2, 0.25) is 0 Å². The van der Waals surface area contributed by atoms with Crippen LogP contribution in [-0.2, 0) is 0 Å². The maximum Gasteiger partial charge on any atom is 0.272 e. The number of carbonyl (C=O) groups excluding carboxylic acids is 1. The molecule has 0 bridgehead atoms. The summed E-state index contributed by atoms with van der Waals surface area (Å²) in [5, 5.41) is 8.68. The molecule has 1 fully saturated rings. The number of rotatable bonds is 2. The summed E-state index contributed by atoms with van der Waals surface area (Å²) in [6.07, 6.45) is 2.06. The van der Waals surface area contributed by atoms with Gasteiger partial charge in [0, 0.05) is 41.8 Å². The van der Waals surface area contributed by atoms with E-state index in [1.807, 2.05) is 16.7 Å². The van der Waals surface area contributed by atoms with Crippen molar-refractivity contribution in [2.45, 2.75) is 25.0 Å². The fourth-order valence-corrected chi connectivity index (χ4v) is 3.28. The standard InChI is InChI=1S/C16H20N2O2S/c1-16(2)12-18(8-10-21-16)15(20)14-7-6-13(11-17-14)5-3-4-9-19/h6-7,11,19H,4,8-10,12H2,1-2H3. The van der Waals surface area contributed by atoms with Gasteiger partial charge in [-0.1, -0.05) is 11.8 Å². The molecular weight excluding hydrogens is 284 g/mol. The molecule has 1 amide bonds. The zero-order chi connectivity index (χ0) is 15.3. The molecule has 0 unspecified atom stereocenters. The van der Waals surface area contributed by atoms with E-state index < -0.39 is 0 Å². The molecule has 112 valence electrons. The third-order valence-corrected chi connectivity index (χ3v) is 4.46. The highest BCUT2D eigenvalue weighted by Crippen LogP contribution is 2.29. The molecule has 0 atom stereocenters. The highest BCUT2D eigenvalue weighted by Gasteiger charge is 2.30. The lowest BCUT2D eigenvalue weighted by Gasteiger charge is -2.37. The van der Waals surface area contributed by atoms with Crippen LogP contribution in [0.1, 0.15) is 36.3 Å². The van der Waals surface area contributed by atoms with Crippen LogP contribution in [-0.4, -0.2) is 51.1 Å². The second-order valence-corrected chi connectivity index (χ2v) is 7.34. The van der Waals surface area contributed by atoms with E-state index in [1.165, 1.54) is 0 Å². The van der Waals surface area contributed by atoms with Crippen molar-refractivity contribution in [3.63, 3.8) is 0 Å². The third-order valence-electron chi connectivity index (χ3n) is 3.16. The zero-order valence-corrected chi connectivity index (χ0v) is 13.2. The first kappa shape index (κ1) is 15.9. The van der Waals surface area contributed by atoms with E-state index in [1.54, 1.807) is 18.3 Å². The number of aliphatic hydroxyl groups excluding tert-OH is 1. The van der Waals surface area contributed by atoms with Gasteiger partial charge >= 0.3 is 0 Å². The number of thioether (sulfide) groups is 1. The molecule has 5 heteroatoms. The lowest BCUT2D eigenvalue weighted by molar-refractivity contribution is 0.0742. The first-order chi connectivity index (χ1) is 10.0. The summed E-state index contributed by atoms with van der Waals surface area (Å²) in [6.45, 7) is 5.89. The van der Waals surface area contributed by atoms with E-state index in [-0.39, 0.29) is 17.3 Å². The monoisotopic (exact) mass is 304 g/mol. The van der Waals surface area contributed by atoms with Crippen LogP contribution in [0.15, 0.2) is 18.3 Å². The van der Waals surface area contributed by atoms with Gasteiger partial charge < -0.3 is 10.0 Å². The molecule has 21 heavy (non-hydrogen) atoms. The van der Waals surface area contributed by atoms with Gasteiger partial charge in [0.1, 0.15) is 5.69 Å². The summed E-state index contributed by atoms with van der Waals surface area (Å²) < 4.78 is 0.101. The highest BCUT2D eigenvalue weighted by atomic mass is 32.2. The predicted octanol–water partition coefficient (Wildman–Crippen LogP) is 1.78. The molecule has 0 aliphatic carbocycles. The molecule has 1 aliphatic heterocycles. The van der Waals surface area contributed by atoms with Crippen molar-refractivity contribution in [2.75, 3.05) is 25.4 Å². The average Bonchev–Trinajstić information content (AvgIpc) is 2.46. The fraction of sp³-hybridized carbons (Fsp3) is 0.500. The number of aliphatic hydroxyl groups is 1. The first-order valence-electron chi connectivity index (χ1n) is 7.01. The number of aromatic nitrogens is 1. The number of hydrogen-bond acceptors (Lipinski definition) is 4.